The van der Waals surface area contributed by atoms with Gasteiger partial charge in [0.2, 0.25) is 0 Å². The minimum Gasteiger partial charge on any atom is -0.462 e. The van der Waals surface area contributed by atoms with Gasteiger partial charge >= 0.3 is 39.5 Å². The van der Waals surface area contributed by atoms with Gasteiger partial charge in [0.05, 0.1) is 26.4 Å². The van der Waals surface area contributed by atoms with Crippen LogP contribution in [0.4, 0.5) is 0 Å². The van der Waals surface area contributed by atoms with Gasteiger partial charge in [-0.2, -0.15) is 0 Å². The number of carbonyl (C=O) groups excluding carboxylic acids is 4. The fourth-order valence-electron chi connectivity index (χ4n) is 10.2. The lowest BCUT2D eigenvalue weighted by atomic mass is 9.99. The van der Waals surface area contributed by atoms with E-state index in [-0.39, 0.29) is 25.7 Å². The first kappa shape index (κ1) is 85.1. The molecule has 0 rings (SSSR count). The third kappa shape index (κ3) is 61.3. The molecule has 0 saturated heterocycles. The van der Waals surface area contributed by atoms with Gasteiger partial charge in [-0.15, -0.1) is 0 Å². The Labute approximate surface area is 530 Å². The number of phosphoric ester groups is 2. The highest BCUT2D eigenvalue weighted by molar-refractivity contribution is 7.47. The van der Waals surface area contributed by atoms with E-state index in [2.05, 4.69) is 41.5 Å². The maximum Gasteiger partial charge on any atom is 0.472 e. The zero-order valence-corrected chi connectivity index (χ0v) is 58.1. The molecule has 0 fully saturated rings. The van der Waals surface area contributed by atoms with Gasteiger partial charge in [0, 0.05) is 25.7 Å². The fraction of sp³-hybridized carbons (Fsp3) is 0.941. The monoisotopic (exact) mass is 1280 g/mol. The molecule has 3 unspecified atom stereocenters. The molecule has 0 aliphatic carbocycles. The number of carbonyl (C=O) groups is 4. The van der Waals surface area contributed by atoms with Crippen LogP contribution in [0.5, 0.6) is 0 Å². The summed E-state index contributed by atoms with van der Waals surface area (Å²) in [7, 11) is -9.89. The number of ether oxygens (including phenoxy) is 4. The molecule has 0 aromatic carbocycles. The van der Waals surface area contributed by atoms with Gasteiger partial charge in [-0.05, 0) is 37.5 Å². The molecule has 0 saturated carbocycles. The van der Waals surface area contributed by atoms with E-state index in [0.29, 0.717) is 25.7 Å². The number of rotatable bonds is 67. The molecule has 0 radical (unpaired) electrons. The zero-order chi connectivity index (χ0) is 64.3. The van der Waals surface area contributed by atoms with E-state index in [9.17, 15) is 43.2 Å². The molecule has 0 aromatic heterocycles. The van der Waals surface area contributed by atoms with Crippen molar-refractivity contribution in [3.63, 3.8) is 0 Å². The Morgan fingerprint density at radius 2 is 0.586 bits per heavy atom. The normalized spacial score (nSPS) is 14.5. The van der Waals surface area contributed by atoms with E-state index in [1.54, 1.807) is 0 Å². The molecule has 17 nitrogen and oxygen atoms in total. The Bertz CT molecular complexity index is 1700. The summed E-state index contributed by atoms with van der Waals surface area (Å²) in [6, 6.07) is 0. The van der Waals surface area contributed by atoms with Crippen LogP contribution in [-0.2, 0) is 65.4 Å². The van der Waals surface area contributed by atoms with Gasteiger partial charge in [-0.25, -0.2) is 9.13 Å². The van der Waals surface area contributed by atoms with Crippen molar-refractivity contribution in [3.05, 3.63) is 0 Å². The van der Waals surface area contributed by atoms with E-state index >= 15 is 0 Å². The molecular weight excluding hydrogens is 1150 g/mol. The number of aliphatic hydroxyl groups excluding tert-OH is 1. The van der Waals surface area contributed by atoms with Gasteiger partial charge in [0.25, 0.3) is 0 Å². The Hall–Kier alpha value is -1.94. The van der Waals surface area contributed by atoms with Crippen LogP contribution in [0.2, 0.25) is 0 Å². The van der Waals surface area contributed by atoms with Crippen molar-refractivity contribution >= 4 is 39.5 Å². The topological polar surface area (TPSA) is 237 Å². The number of hydrogen-bond donors (Lipinski definition) is 3. The standard InChI is InChI=1S/C68H132O17P2/c1-7-10-12-14-16-18-19-28-34-40-46-52-67(72)84-63(56-78-65(70)50-44-38-32-24-17-15-13-11-8-2)58-82-86(74,75)80-54-62(69)55-81-87(76,77)83-59-64(57-79-66(71)51-45-39-33-27-22-20-25-30-36-42-48-60(4)5)85-68(73)53-47-41-35-29-23-21-26-31-37-43-49-61(6)9-3/h60-64,69H,7-59H2,1-6H3,(H,74,75)(H,76,77)/t61?,62-,63+,64+/m0/s1. The lowest BCUT2D eigenvalue weighted by Gasteiger charge is -2.21. The van der Waals surface area contributed by atoms with Gasteiger partial charge < -0.3 is 33.8 Å². The van der Waals surface area contributed by atoms with E-state index < -0.39 is 97.5 Å². The first-order valence-corrected chi connectivity index (χ1v) is 38.5. The highest BCUT2D eigenvalue weighted by Crippen LogP contribution is 2.45. The molecule has 0 aliphatic rings. The highest BCUT2D eigenvalue weighted by atomic mass is 31.2. The molecule has 87 heavy (non-hydrogen) atoms. The van der Waals surface area contributed by atoms with Gasteiger partial charge in [-0.1, -0.05) is 292 Å². The van der Waals surface area contributed by atoms with Crippen molar-refractivity contribution in [1.82, 2.24) is 0 Å². The summed E-state index contributed by atoms with van der Waals surface area (Å²) in [6.45, 7) is 9.53. The zero-order valence-electron chi connectivity index (χ0n) is 56.3. The lowest BCUT2D eigenvalue weighted by Crippen LogP contribution is -2.30. The van der Waals surface area contributed by atoms with Crippen LogP contribution in [-0.4, -0.2) is 96.7 Å². The van der Waals surface area contributed by atoms with Crippen LogP contribution in [0.15, 0.2) is 0 Å². The minimum atomic E-state index is -4.95. The van der Waals surface area contributed by atoms with Crippen LogP contribution in [0.3, 0.4) is 0 Å². The van der Waals surface area contributed by atoms with Gasteiger partial charge in [0.15, 0.2) is 12.2 Å². The molecule has 3 N–H and O–H groups in total. The van der Waals surface area contributed by atoms with Crippen LogP contribution in [0.1, 0.15) is 343 Å². The average molecular weight is 1280 g/mol. The van der Waals surface area contributed by atoms with Crippen molar-refractivity contribution in [1.29, 1.82) is 0 Å². The molecule has 0 amide bonds. The molecular formula is C68H132O17P2. The number of unbranched alkanes of at least 4 members (excludes halogenated alkanes) is 36. The molecule has 0 bridgehead atoms. The van der Waals surface area contributed by atoms with Crippen molar-refractivity contribution in [3.8, 4) is 0 Å². The van der Waals surface area contributed by atoms with Crippen molar-refractivity contribution in [2.45, 2.75) is 362 Å². The average Bonchev–Trinajstić information content (AvgIpc) is 3.71. The molecule has 0 aliphatic heterocycles. The third-order valence-corrected chi connectivity index (χ3v) is 18.0. The Kier molecular flexibility index (Phi) is 59.0. The fourth-order valence-corrected chi connectivity index (χ4v) is 11.8. The predicted octanol–water partition coefficient (Wildman–Crippen LogP) is 19.2. The van der Waals surface area contributed by atoms with Gasteiger partial charge in [-0.3, -0.25) is 37.3 Å². The number of aliphatic hydroxyl groups is 1. The second kappa shape index (κ2) is 60.3. The first-order valence-electron chi connectivity index (χ1n) is 35.5. The summed E-state index contributed by atoms with van der Waals surface area (Å²) in [5, 5.41) is 10.6. The third-order valence-electron chi connectivity index (χ3n) is 16.1. The largest absolute Gasteiger partial charge is 0.472 e. The molecule has 6 atom stereocenters. The van der Waals surface area contributed by atoms with E-state index in [4.69, 9.17) is 37.0 Å². The maximum atomic E-state index is 13.0. The summed E-state index contributed by atoms with van der Waals surface area (Å²) in [6.07, 6.45) is 44.2. The second-order valence-corrected chi connectivity index (χ2v) is 28.2. The quantitative estimate of drug-likeness (QED) is 0.0222. The Morgan fingerprint density at radius 1 is 0.333 bits per heavy atom. The van der Waals surface area contributed by atoms with Crippen molar-refractivity contribution in [2.24, 2.45) is 11.8 Å². The molecule has 19 heteroatoms. The molecule has 0 heterocycles. The molecule has 0 aromatic rings. The Balaban J connectivity index is 5.25. The van der Waals surface area contributed by atoms with Crippen LogP contribution >= 0.6 is 15.6 Å². The SMILES string of the molecule is CCCCCCCCCCCCCC(=O)O[C@H](COC(=O)CCCCCCCCCCC)COP(=O)(O)OC[C@H](O)COP(=O)(O)OC[C@@H](COC(=O)CCCCCCCCCCCCC(C)C)OC(=O)CCCCCCCCCCCCC(C)CC. The molecule has 516 valence electrons. The van der Waals surface area contributed by atoms with E-state index in [1.807, 2.05) is 0 Å². The number of hydrogen-bond acceptors (Lipinski definition) is 15. The lowest BCUT2D eigenvalue weighted by molar-refractivity contribution is -0.161. The summed E-state index contributed by atoms with van der Waals surface area (Å²) in [5.41, 5.74) is 0. The van der Waals surface area contributed by atoms with Crippen LogP contribution < -0.4 is 0 Å². The number of esters is 4. The predicted molar refractivity (Wildman–Crippen MR) is 349 cm³/mol. The second-order valence-electron chi connectivity index (χ2n) is 25.3. The smallest absolute Gasteiger partial charge is 0.462 e. The van der Waals surface area contributed by atoms with E-state index in [1.165, 1.54) is 161 Å². The highest BCUT2D eigenvalue weighted by Gasteiger charge is 2.30. The molecule has 0 spiro atoms. The minimum absolute atomic E-state index is 0.106. The maximum absolute atomic E-state index is 13.0. The summed E-state index contributed by atoms with van der Waals surface area (Å²) in [4.78, 5) is 72.4. The van der Waals surface area contributed by atoms with E-state index in [0.717, 1.165) is 102 Å². The van der Waals surface area contributed by atoms with Crippen LogP contribution in [0, 0.1) is 11.8 Å². The Morgan fingerprint density at radius 3 is 0.874 bits per heavy atom. The van der Waals surface area contributed by atoms with Crippen molar-refractivity contribution in [2.75, 3.05) is 39.6 Å². The number of phosphoric acid groups is 2. The van der Waals surface area contributed by atoms with Gasteiger partial charge in [0.1, 0.15) is 19.3 Å². The van der Waals surface area contributed by atoms with Crippen molar-refractivity contribution < 1.29 is 80.2 Å². The van der Waals surface area contributed by atoms with Crippen LogP contribution in [0.25, 0.3) is 0 Å². The summed E-state index contributed by atoms with van der Waals surface area (Å²) >= 11 is 0. The first-order chi connectivity index (χ1) is 41.9. The summed E-state index contributed by atoms with van der Waals surface area (Å²) in [5.74, 6) is -0.566. The summed E-state index contributed by atoms with van der Waals surface area (Å²) < 4.78 is 68.2.